The molecule has 3 heterocycles. The lowest BCUT2D eigenvalue weighted by Crippen LogP contribution is -2.46. The van der Waals surface area contributed by atoms with Gasteiger partial charge in [0.1, 0.15) is 5.82 Å². The van der Waals surface area contributed by atoms with Crippen LogP contribution in [0.25, 0.3) is 0 Å². The Bertz CT molecular complexity index is 767. The van der Waals surface area contributed by atoms with Crippen LogP contribution in [0.5, 0.6) is 0 Å². The lowest BCUT2D eigenvalue weighted by Gasteiger charge is -2.40. The number of carbonyl (C=O) groups is 1. The first-order valence-corrected chi connectivity index (χ1v) is 9.18. The molecule has 1 atom stereocenters. The largest absolute Gasteiger partial charge is 0.342 e. The van der Waals surface area contributed by atoms with Gasteiger partial charge < -0.3 is 9.80 Å². The van der Waals surface area contributed by atoms with Crippen molar-refractivity contribution in [3.63, 3.8) is 0 Å². The molecule has 4 rings (SSSR count). The van der Waals surface area contributed by atoms with Gasteiger partial charge in [-0.3, -0.25) is 4.79 Å². The molecule has 0 N–H and O–H groups in total. The van der Waals surface area contributed by atoms with Gasteiger partial charge in [0.15, 0.2) is 0 Å². The minimum Gasteiger partial charge on any atom is -0.342 e. The quantitative estimate of drug-likeness (QED) is 0.850. The van der Waals surface area contributed by atoms with Crippen LogP contribution in [0.3, 0.4) is 0 Å². The van der Waals surface area contributed by atoms with Crippen molar-refractivity contribution in [1.82, 2.24) is 14.9 Å². The van der Waals surface area contributed by atoms with Crippen LogP contribution in [-0.4, -0.2) is 47.0 Å². The smallest absolute Gasteiger partial charge is 0.227 e. The first-order valence-electron chi connectivity index (χ1n) is 9.18. The van der Waals surface area contributed by atoms with Gasteiger partial charge in [-0.05, 0) is 43.0 Å². The van der Waals surface area contributed by atoms with Gasteiger partial charge in [0, 0.05) is 44.0 Å². The van der Waals surface area contributed by atoms with E-state index in [0.29, 0.717) is 6.42 Å². The van der Waals surface area contributed by atoms with Gasteiger partial charge >= 0.3 is 0 Å². The minimum absolute atomic E-state index is 0.126. The van der Waals surface area contributed by atoms with Gasteiger partial charge in [-0.2, -0.15) is 0 Å². The molecule has 0 bridgehead atoms. The number of likely N-dealkylation sites (tertiary alicyclic amines) is 1. The van der Waals surface area contributed by atoms with Crippen molar-refractivity contribution in [3.05, 3.63) is 54.1 Å². The number of halogens is 1. The van der Waals surface area contributed by atoms with Gasteiger partial charge in [0.05, 0.1) is 6.42 Å². The van der Waals surface area contributed by atoms with Crippen LogP contribution < -0.4 is 4.90 Å². The molecule has 0 aliphatic carbocycles. The third kappa shape index (κ3) is 3.54. The van der Waals surface area contributed by atoms with E-state index in [2.05, 4.69) is 14.9 Å². The minimum atomic E-state index is -0.272. The standard InChI is InChI=1S/C20H23FN4O/c21-17-5-3-16(4-6-17)13-18(26)24-12-8-20(14-24)7-1-11-25(15-20)19-22-9-2-10-23-19/h2-6,9-10H,1,7-8,11-15H2. The Morgan fingerprint density at radius 1 is 1.08 bits per heavy atom. The fraction of sp³-hybridized carbons (Fsp3) is 0.450. The number of anilines is 1. The summed E-state index contributed by atoms with van der Waals surface area (Å²) in [5.41, 5.74) is 0.996. The van der Waals surface area contributed by atoms with Gasteiger partial charge in [-0.1, -0.05) is 12.1 Å². The lowest BCUT2D eigenvalue weighted by atomic mass is 9.79. The van der Waals surface area contributed by atoms with Crippen molar-refractivity contribution in [3.8, 4) is 0 Å². The van der Waals surface area contributed by atoms with E-state index in [1.807, 2.05) is 11.0 Å². The SMILES string of the molecule is O=C(Cc1ccc(F)cc1)N1CCC2(CCCN(c3ncccn3)C2)C1. The number of benzene rings is 1. The fourth-order valence-corrected chi connectivity index (χ4v) is 4.20. The predicted molar refractivity (Wildman–Crippen MR) is 97.2 cm³/mol. The molecule has 6 heteroatoms. The highest BCUT2D eigenvalue weighted by molar-refractivity contribution is 5.79. The van der Waals surface area contributed by atoms with Crippen molar-refractivity contribution >= 4 is 11.9 Å². The van der Waals surface area contributed by atoms with Gasteiger partial charge in [-0.15, -0.1) is 0 Å². The molecule has 1 aromatic heterocycles. The molecule has 136 valence electrons. The average molecular weight is 354 g/mol. The summed E-state index contributed by atoms with van der Waals surface area (Å²) in [5.74, 6) is 0.635. The summed E-state index contributed by atoms with van der Waals surface area (Å²) in [4.78, 5) is 25.6. The molecule has 2 fully saturated rings. The molecule has 5 nitrogen and oxygen atoms in total. The maximum Gasteiger partial charge on any atom is 0.227 e. The Labute approximate surface area is 152 Å². The summed E-state index contributed by atoms with van der Waals surface area (Å²) >= 11 is 0. The number of piperidine rings is 1. The summed E-state index contributed by atoms with van der Waals surface area (Å²) in [7, 11) is 0. The van der Waals surface area contributed by atoms with E-state index in [1.165, 1.54) is 12.1 Å². The zero-order valence-electron chi connectivity index (χ0n) is 14.8. The zero-order chi connectivity index (χ0) is 18.0. The van der Waals surface area contributed by atoms with E-state index in [1.54, 1.807) is 24.5 Å². The van der Waals surface area contributed by atoms with E-state index >= 15 is 0 Å². The molecule has 1 spiro atoms. The molecule has 1 aromatic carbocycles. The molecule has 2 saturated heterocycles. The Morgan fingerprint density at radius 3 is 2.62 bits per heavy atom. The molecule has 1 amide bonds. The third-order valence-electron chi connectivity index (χ3n) is 5.56. The number of rotatable bonds is 3. The van der Waals surface area contributed by atoms with E-state index in [-0.39, 0.29) is 17.1 Å². The predicted octanol–water partition coefficient (Wildman–Crippen LogP) is 2.68. The summed E-state index contributed by atoms with van der Waals surface area (Å²) in [6.07, 6.45) is 7.13. The molecule has 2 aliphatic heterocycles. The second-order valence-corrected chi connectivity index (χ2v) is 7.44. The monoisotopic (exact) mass is 354 g/mol. The van der Waals surface area contributed by atoms with E-state index < -0.39 is 0 Å². The molecule has 2 aliphatic rings. The number of nitrogens with zero attached hydrogens (tertiary/aromatic N) is 4. The number of carbonyl (C=O) groups excluding carboxylic acids is 1. The van der Waals surface area contributed by atoms with Crippen LogP contribution in [0, 0.1) is 11.2 Å². The maximum atomic E-state index is 13.0. The molecule has 26 heavy (non-hydrogen) atoms. The lowest BCUT2D eigenvalue weighted by molar-refractivity contribution is -0.129. The molecule has 2 aromatic rings. The summed E-state index contributed by atoms with van der Waals surface area (Å²) in [5, 5.41) is 0. The molecule has 0 saturated carbocycles. The average Bonchev–Trinajstić information content (AvgIpc) is 3.08. The van der Waals surface area contributed by atoms with Crippen LogP contribution in [0.2, 0.25) is 0 Å². The Kier molecular flexibility index (Phi) is 4.57. The molecular formula is C20H23FN4O. The number of aromatic nitrogens is 2. The Balaban J connectivity index is 1.40. The number of amides is 1. The van der Waals surface area contributed by atoms with Crippen molar-refractivity contribution in [1.29, 1.82) is 0 Å². The topological polar surface area (TPSA) is 49.3 Å². The summed E-state index contributed by atoms with van der Waals surface area (Å²) in [6, 6.07) is 8.02. The third-order valence-corrected chi connectivity index (χ3v) is 5.56. The van der Waals surface area contributed by atoms with Crippen LogP contribution in [0.15, 0.2) is 42.7 Å². The zero-order valence-corrected chi connectivity index (χ0v) is 14.8. The van der Waals surface area contributed by atoms with E-state index in [9.17, 15) is 9.18 Å². The van der Waals surface area contributed by atoms with Crippen molar-refractivity contribution in [2.75, 3.05) is 31.1 Å². The second-order valence-electron chi connectivity index (χ2n) is 7.44. The van der Waals surface area contributed by atoms with Crippen molar-refractivity contribution < 1.29 is 9.18 Å². The van der Waals surface area contributed by atoms with E-state index in [4.69, 9.17) is 0 Å². The highest BCUT2D eigenvalue weighted by Gasteiger charge is 2.43. The van der Waals surface area contributed by atoms with E-state index in [0.717, 1.165) is 57.0 Å². The Morgan fingerprint density at radius 2 is 1.85 bits per heavy atom. The van der Waals surface area contributed by atoms with Gasteiger partial charge in [0.25, 0.3) is 0 Å². The highest BCUT2D eigenvalue weighted by Crippen LogP contribution is 2.39. The van der Waals surface area contributed by atoms with Gasteiger partial charge in [-0.25, -0.2) is 14.4 Å². The summed E-state index contributed by atoms with van der Waals surface area (Å²) < 4.78 is 13.0. The normalized spacial score (nSPS) is 22.8. The van der Waals surface area contributed by atoms with Crippen LogP contribution in [0.4, 0.5) is 10.3 Å². The first-order chi connectivity index (χ1) is 12.6. The number of hydrogen-bond acceptors (Lipinski definition) is 4. The number of hydrogen-bond donors (Lipinski definition) is 0. The molecular weight excluding hydrogens is 331 g/mol. The first kappa shape index (κ1) is 16.9. The summed E-state index contributed by atoms with van der Waals surface area (Å²) in [6.45, 7) is 3.45. The van der Waals surface area contributed by atoms with Gasteiger partial charge in [0.2, 0.25) is 11.9 Å². The van der Waals surface area contributed by atoms with Crippen molar-refractivity contribution in [2.24, 2.45) is 5.41 Å². The van der Waals surface area contributed by atoms with Crippen LogP contribution in [-0.2, 0) is 11.2 Å². The second kappa shape index (κ2) is 7.02. The Hall–Kier alpha value is -2.50. The maximum absolute atomic E-state index is 13.0. The molecule has 0 radical (unpaired) electrons. The van der Waals surface area contributed by atoms with Crippen molar-refractivity contribution in [2.45, 2.75) is 25.7 Å². The van der Waals surface area contributed by atoms with Crippen LogP contribution in [0.1, 0.15) is 24.8 Å². The molecule has 1 unspecified atom stereocenters. The fourth-order valence-electron chi connectivity index (χ4n) is 4.20. The highest BCUT2D eigenvalue weighted by atomic mass is 19.1. The van der Waals surface area contributed by atoms with Crippen LogP contribution >= 0.6 is 0 Å².